The highest BCUT2D eigenvalue weighted by Gasteiger charge is 2.18. The number of benzene rings is 1. The number of carbonyl (C=O) groups is 1. The fourth-order valence-corrected chi connectivity index (χ4v) is 3.61. The van der Waals surface area contributed by atoms with Gasteiger partial charge < -0.3 is 20.1 Å². The van der Waals surface area contributed by atoms with Crippen LogP contribution < -0.4 is 10.2 Å². The molecule has 0 atom stereocenters. The molecule has 3 aromatic rings. The fourth-order valence-electron chi connectivity index (χ4n) is 3.61. The number of hydrogen-bond acceptors (Lipinski definition) is 5. The van der Waals surface area contributed by atoms with E-state index < -0.39 is 0 Å². The van der Waals surface area contributed by atoms with E-state index in [1.165, 1.54) is 0 Å². The zero-order chi connectivity index (χ0) is 19.5. The monoisotopic (exact) mass is 378 g/mol. The number of H-pyrrole nitrogens is 1. The van der Waals surface area contributed by atoms with E-state index in [4.69, 9.17) is 0 Å². The number of amides is 1. The van der Waals surface area contributed by atoms with Crippen molar-refractivity contribution in [3.63, 3.8) is 0 Å². The van der Waals surface area contributed by atoms with Crippen LogP contribution in [0.3, 0.4) is 0 Å². The molecule has 146 valence electrons. The minimum atomic E-state index is 0.00349. The predicted molar refractivity (Wildman–Crippen MR) is 110 cm³/mol. The summed E-state index contributed by atoms with van der Waals surface area (Å²) in [7, 11) is 2.14. The lowest BCUT2D eigenvalue weighted by Crippen LogP contribution is -2.45. The van der Waals surface area contributed by atoms with Crippen LogP contribution in [-0.4, -0.2) is 59.0 Å². The molecule has 0 aliphatic carbocycles. The quantitative estimate of drug-likeness (QED) is 0.709. The van der Waals surface area contributed by atoms with E-state index in [2.05, 4.69) is 37.1 Å². The third-order valence-corrected chi connectivity index (χ3v) is 5.18. The number of hydrogen-bond donors (Lipinski definition) is 2. The Morgan fingerprint density at radius 3 is 2.86 bits per heavy atom. The molecule has 0 spiro atoms. The molecule has 1 amide bonds. The van der Waals surface area contributed by atoms with Gasteiger partial charge in [0.2, 0.25) is 5.91 Å². The second-order valence-electron chi connectivity index (χ2n) is 7.40. The van der Waals surface area contributed by atoms with Gasteiger partial charge in [-0.1, -0.05) is 12.1 Å². The van der Waals surface area contributed by atoms with Crippen molar-refractivity contribution < 1.29 is 4.79 Å². The van der Waals surface area contributed by atoms with Crippen molar-refractivity contribution in [2.45, 2.75) is 19.9 Å². The van der Waals surface area contributed by atoms with E-state index in [1.54, 1.807) is 0 Å². The Labute approximate surface area is 164 Å². The molecular formula is C21H26N6O. The Bertz CT molecular complexity index is 974. The predicted octanol–water partition coefficient (Wildman–Crippen LogP) is 1.88. The number of nitrogens with one attached hydrogen (secondary N) is 2. The standard InChI is InChI=1S/C21H26N6O/c1-15-24-18-6-5-16(12-19(18)25-15)13-20(28)23-14-17-4-3-7-22-21(17)27-10-8-26(2)9-11-27/h3-7,12H,8-11,13-14H2,1-2H3,(H,23,28)(H,24,25). The fraction of sp³-hybridized carbons (Fsp3) is 0.381. The van der Waals surface area contributed by atoms with Gasteiger partial charge in [-0.25, -0.2) is 9.97 Å². The normalized spacial score (nSPS) is 15.1. The summed E-state index contributed by atoms with van der Waals surface area (Å²) < 4.78 is 0. The van der Waals surface area contributed by atoms with Gasteiger partial charge in [0.15, 0.2) is 0 Å². The molecule has 7 nitrogen and oxygen atoms in total. The first kappa shape index (κ1) is 18.4. The molecule has 4 rings (SSSR count). The van der Waals surface area contributed by atoms with Crippen LogP contribution in [0.15, 0.2) is 36.5 Å². The zero-order valence-electron chi connectivity index (χ0n) is 16.4. The smallest absolute Gasteiger partial charge is 0.224 e. The lowest BCUT2D eigenvalue weighted by molar-refractivity contribution is -0.120. The maximum absolute atomic E-state index is 12.5. The Kier molecular flexibility index (Phi) is 5.25. The van der Waals surface area contributed by atoms with Crippen LogP contribution in [0.2, 0.25) is 0 Å². The molecule has 1 aromatic carbocycles. The number of aromatic amines is 1. The summed E-state index contributed by atoms with van der Waals surface area (Å²) in [6.45, 7) is 6.38. The summed E-state index contributed by atoms with van der Waals surface area (Å²) in [5, 5.41) is 3.05. The second kappa shape index (κ2) is 7.98. The molecule has 2 aromatic heterocycles. The first-order valence-electron chi connectivity index (χ1n) is 9.68. The Balaban J connectivity index is 1.39. The summed E-state index contributed by atoms with van der Waals surface area (Å²) in [6, 6.07) is 9.88. The molecule has 2 N–H and O–H groups in total. The third kappa shape index (κ3) is 4.14. The summed E-state index contributed by atoms with van der Waals surface area (Å²) in [5.74, 6) is 1.86. The molecule has 1 aliphatic heterocycles. The van der Waals surface area contributed by atoms with Crippen LogP contribution in [0.1, 0.15) is 17.0 Å². The summed E-state index contributed by atoms with van der Waals surface area (Å²) in [6.07, 6.45) is 2.17. The third-order valence-electron chi connectivity index (χ3n) is 5.18. The number of imidazole rings is 1. The highest BCUT2D eigenvalue weighted by molar-refractivity contribution is 5.81. The average molecular weight is 378 g/mol. The molecule has 0 saturated carbocycles. The number of pyridine rings is 1. The molecule has 0 bridgehead atoms. The number of carbonyl (C=O) groups excluding carboxylic acids is 1. The van der Waals surface area contributed by atoms with E-state index in [1.807, 2.05) is 43.5 Å². The van der Waals surface area contributed by atoms with Gasteiger partial charge in [-0.3, -0.25) is 4.79 Å². The second-order valence-corrected chi connectivity index (χ2v) is 7.40. The first-order valence-corrected chi connectivity index (χ1v) is 9.68. The van der Waals surface area contributed by atoms with E-state index in [-0.39, 0.29) is 5.91 Å². The SMILES string of the molecule is Cc1nc2ccc(CC(=O)NCc3cccnc3N3CCN(C)CC3)cc2[nH]1. The number of fused-ring (bicyclic) bond motifs is 1. The van der Waals surface area contributed by atoms with Crippen LogP contribution in [0, 0.1) is 6.92 Å². The molecule has 1 aliphatic rings. The summed E-state index contributed by atoms with van der Waals surface area (Å²) in [4.78, 5) is 29.3. The van der Waals surface area contributed by atoms with Gasteiger partial charge >= 0.3 is 0 Å². The Hall–Kier alpha value is -2.93. The van der Waals surface area contributed by atoms with E-state index in [0.29, 0.717) is 13.0 Å². The maximum atomic E-state index is 12.5. The van der Waals surface area contributed by atoms with Crippen LogP contribution in [0.25, 0.3) is 11.0 Å². The molecule has 0 unspecified atom stereocenters. The van der Waals surface area contributed by atoms with E-state index >= 15 is 0 Å². The number of piperazine rings is 1. The van der Waals surface area contributed by atoms with Crippen LogP contribution in [0.5, 0.6) is 0 Å². The molecule has 3 heterocycles. The highest BCUT2D eigenvalue weighted by atomic mass is 16.1. The minimum Gasteiger partial charge on any atom is -0.354 e. The van der Waals surface area contributed by atoms with Crippen molar-refractivity contribution in [2.24, 2.45) is 0 Å². The van der Waals surface area contributed by atoms with Crippen molar-refractivity contribution in [3.05, 3.63) is 53.5 Å². The van der Waals surface area contributed by atoms with Gasteiger partial charge in [-0.15, -0.1) is 0 Å². The van der Waals surface area contributed by atoms with Gasteiger partial charge in [0.25, 0.3) is 0 Å². The lowest BCUT2D eigenvalue weighted by atomic mass is 10.1. The molecule has 1 fully saturated rings. The van der Waals surface area contributed by atoms with Gasteiger partial charge in [0.1, 0.15) is 11.6 Å². The number of anilines is 1. The molecule has 28 heavy (non-hydrogen) atoms. The molecular weight excluding hydrogens is 352 g/mol. The largest absolute Gasteiger partial charge is 0.354 e. The lowest BCUT2D eigenvalue weighted by Gasteiger charge is -2.34. The molecule has 0 radical (unpaired) electrons. The minimum absolute atomic E-state index is 0.00349. The van der Waals surface area contributed by atoms with Gasteiger partial charge in [-0.2, -0.15) is 0 Å². The highest BCUT2D eigenvalue weighted by Crippen LogP contribution is 2.19. The first-order chi connectivity index (χ1) is 13.6. The Morgan fingerprint density at radius 2 is 2.04 bits per heavy atom. The average Bonchev–Trinajstić information content (AvgIpc) is 3.06. The van der Waals surface area contributed by atoms with Crippen LogP contribution in [0.4, 0.5) is 5.82 Å². The maximum Gasteiger partial charge on any atom is 0.224 e. The van der Waals surface area contributed by atoms with E-state index in [0.717, 1.165) is 60.0 Å². The number of nitrogens with zero attached hydrogens (tertiary/aromatic N) is 4. The summed E-state index contributed by atoms with van der Waals surface area (Å²) in [5.41, 5.74) is 3.92. The van der Waals surface area contributed by atoms with Crippen LogP contribution >= 0.6 is 0 Å². The number of likely N-dealkylation sites (N-methyl/N-ethyl adjacent to an activating group) is 1. The van der Waals surface area contributed by atoms with Crippen LogP contribution in [-0.2, 0) is 17.8 Å². The van der Waals surface area contributed by atoms with E-state index in [9.17, 15) is 4.79 Å². The number of rotatable bonds is 5. The topological polar surface area (TPSA) is 77.2 Å². The van der Waals surface area contributed by atoms with Gasteiger partial charge in [-0.05, 0) is 37.7 Å². The van der Waals surface area contributed by atoms with Crippen molar-refractivity contribution >= 4 is 22.8 Å². The summed E-state index contributed by atoms with van der Waals surface area (Å²) >= 11 is 0. The molecule has 1 saturated heterocycles. The van der Waals surface area contributed by atoms with Crippen molar-refractivity contribution in [1.29, 1.82) is 0 Å². The Morgan fingerprint density at radius 1 is 1.21 bits per heavy atom. The van der Waals surface area contributed by atoms with Gasteiger partial charge in [0.05, 0.1) is 17.5 Å². The van der Waals surface area contributed by atoms with Crippen molar-refractivity contribution in [2.75, 3.05) is 38.1 Å². The van der Waals surface area contributed by atoms with Gasteiger partial charge in [0, 0.05) is 44.5 Å². The van der Waals surface area contributed by atoms with Crippen molar-refractivity contribution in [3.8, 4) is 0 Å². The zero-order valence-corrected chi connectivity index (χ0v) is 16.4. The number of aromatic nitrogens is 3. The number of aryl methyl sites for hydroxylation is 1. The van der Waals surface area contributed by atoms with Crippen molar-refractivity contribution in [1.82, 2.24) is 25.2 Å². The molecule has 7 heteroatoms.